The molecule has 418 valence electrons. The second kappa shape index (κ2) is 23.5. The fraction of sp³-hybridized carbons (Fsp3) is 0.822. The highest BCUT2D eigenvalue weighted by Gasteiger charge is 2.61. The lowest BCUT2D eigenvalue weighted by Gasteiger charge is -2.61. The zero-order valence-corrected chi connectivity index (χ0v) is 45.8. The van der Waals surface area contributed by atoms with Crippen molar-refractivity contribution in [1.29, 1.82) is 0 Å². The quantitative estimate of drug-likeness (QED) is 0.0553. The largest absolute Gasteiger partial charge is 0.481 e. The van der Waals surface area contributed by atoms with Gasteiger partial charge in [0, 0.05) is 37.1 Å². The molecule has 5 aliphatic rings. The number of hydrogen-bond acceptors (Lipinski definition) is 19. The highest BCUT2D eigenvalue weighted by molar-refractivity contribution is 8.13. The van der Waals surface area contributed by atoms with Gasteiger partial charge in [-0.2, -0.15) is 4.31 Å². The summed E-state index contributed by atoms with van der Waals surface area (Å²) in [5, 5.41) is 37.3. The Hall–Kier alpha value is -2.48. The van der Waals surface area contributed by atoms with Gasteiger partial charge in [0.25, 0.3) is 0 Å². The van der Waals surface area contributed by atoms with Crippen molar-refractivity contribution in [3.63, 3.8) is 0 Å². The maximum atomic E-state index is 12.9. The lowest BCUT2D eigenvalue weighted by molar-refractivity contribution is -0.137. The topological polar surface area (TPSA) is 384 Å². The molecule has 5 fully saturated rings. The van der Waals surface area contributed by atoms with Crippen molar-refractivity contribution in [3.8, 4) is 0 Å². The fourth-order valence-electron chi connectivity index (χ4n) is 13.1. The van der Waals surface area contributed by atoms with Crippen LogP contribution < -0.4 is 16.4 Å². The number of carbonyl (C=O) groups is 3. The molecule has 2 aromatic rings. The predicted octanol–water partition coefficient (Wildman–Crippen LogP) is 4.10. The molecule has 0 aromatic carbocycles. The Morgan fingerprint density at radius 3 is 2.36 bits per heavy atom. The van der Waals surface area contributed by atoms with Crippen molar-refractivity contribution in [1.82, 2.24) is 30.2 Å². The average Bonchev–Trinajstić information content (AvgIpc) is 4.00. The van der Waals surface area contributed by atoms with Crippen molar-refractivity contribution >= 4 is 69.1 Å². The average molecular weight is 1130 g/mol. The van der Waals surface area contributed by atoms with E-state index in [0.29, 0.717) is 40.8 Å². The van der Waals surface area contributed by atoms with Crippen molar-refractivity contribution in [2.24, 2.45) is 51.8 Å². The van der Waals surface area contributed by atoms with Crippen LogP contribution in [0.25, 0.3) is 11.2 Å². The van der Waals surface area contributed by atoms with Gasteiger partial charge >= 0.3 is 23.5 Å². The predicted molar refractivity (Wildman–Crippen MR) is 267 cm³/mol. The molecule has 2 amide bonds. The smallest absolute Gasteiger partial charge is 0.393 e. The molecular weight excluding hydrogens is 1050 g/mol. The molecule has 1 saturated heterocycles. The van der Waals surface area contributed by atoms with Crippen LogP contribution in [0.1, 0.15) is 118 Å². The van der Waals surface area contributed by atoms with Gasteiger partial charge in [0.1, 0.15) is 36.3 Å². The van der Waals surface area contributed by atoms with Crippen molar-refractivity contribution < 1.29 is 85.6 Å². The van der Waals surface area contributed by atoms with Gasteiger partial charge in [-0.25, -0.2) is 28.6 Å². The van der Waals surface area contributed by atoms with Crippen LogP contribution in [-0.2, 0) is 50.7 Å². The first-order valence-corrected chi connectivity index (χ1v) is 30.8. The van der Waals surface area contributed by atoms with Crippen LogP contribution in [0.2, 0.25) is 0 Å². The van der Waals surface area contributed by atoms with Crippen LogP contribution in [0.3, 0.4) is 0 Å². The van der Waals surface area contributed by atoms with E-state index in [9.17, 15) is 63.0 Å². The van der Waals surface area contributed by atoms with E-state index >= 15 is 0 Å². The fourth-order valence-corrected chi connectivity index (χ4v) is 16.6. The van der Waals surface area contributed by atoms with Crippen molar-refractivity contribution in [2.45, 2.75) is 148 Å². The number of amides is 2. The Morgan fingerprint density at radius 2 is 1.64 bits per heavy atom. The molecule has 0 radical (unpaired) electrons. The molecule has 2 aromatic heterocycles. The molecule has 11 N–H and O–H groups in total. The Morgan fingerprint density at radius 1 is 0.932 bits per heavy atom. The first kappa shape index (κ1) is 59.2. The number of aliphatic hydroxyl groups excluding tert-OH is 3. The van der Waals surface area contributed by atoms with Crippen molar-refractivity contribution in [2.75, 3.05) is 37.8 Å². The maximum Gasteiger partial charge on any atom is 0.481 e. The number of phosphoric ester groups is 3. The van der Waals surface area contributed by atoms with E-state index < -0.39 is 84.6 Å². The van der Waals surface area contributed by atoms with Gasteiger partial charge < -0.3 is 56.0 Å². The van der Waals surface area contributed by atoms with E-state index in [4.69, 9.17) is 19.5 Å². The molecule has 1 aliphatic heterocycles. The standard InChI is InChI=1S/C45H74N7O18P3S/c1-25(29-9-10-30-28-8-7-26-20-27(53)12-15-44(26,4)31(28)13-16-45(29,30)5)6-11-34(55)74-19-18-47-33(54)14-17-48-41(58)38(57)43(2,3)22-67-73(64,65)70-72(62,63)66-21-32-37(69-71(59,60)61)36(56)42(68-32)52-24-51-35-39(46)49-23-50-40(35)52/h23-32,36-38,42,53,56-57H,6-22H2,1-5H3,(H,47,54)(H,48,58)(H,62,63)(H,64,65)(H2,46,49,50)(H2,59,60,61)/t25-,26-,27-,28+,29-,30+,31+,32-,36-,37-,38+,42-,44+,45-/m1/s1. The number of imidazole rings is 1. The van der Waals surface area contributed by atoms with E-state index in [0.717, 1.165) is 60.7 Å². The minimum absolute atomic E-state index is 0.0326. The Kier molecular flexibility index (Phi) is 18.8. The molecule has 4 saturated carbocycles. The number of nitrogens with zero attached hydrogens (tertiary/aromatic N) is 4. The number of thioether (sulfide) groups is 1. The van der Waals surface area contributed by atoms with Crippen LogP contribution in [0.5, 0.6) is 0 Å². The monoisotopic (exact) mass is 1130 g/mol. The highest BCUT2D eigenvalue weighted by atomic mass is 32.2. The molecular formula is C45H74N7O18P3S. The first-order chi connectivity index (χ1) is 34.5. The van der Waals surface area contributed by atoms with E-state index in [1.165, 1.54) is 64.1 Å². The van der Waals surface area contributed by atoms with Gasteiger partial charge in [0.05, 0.1) is 25.6 Å². The molecule has 3 heterocycles. The molecule has 4 aliphatic carbocycles. The summed E-state index contributed by atoms with van der Waals surface area (Å²) in [7, 11) is -16.4. The zero-order valence-electron chi connectivity index (χ0n) is 42.3. The number of fused-ring (bicyclic) bond motifs is 6. The van der Waals surface area contributed by atoms with Crippen LogP contribution in [-0.4, -0.2) is 134 Å². The first-order valence-electron chi connectivity index (χ1n) is 25.3. The number of carbonyl (C=O) groups excluding carboxylic acids is 3. The Labute approximate surface area is 434 Å². The van der Waals surface area contributed by atoms with Crippen LogP contribution >= 0.6 is 35.2 Å². The molecule has 7 rings (SSSR count). The number of nitrogen functional groups attached to an aromatic ring is 1. The van der Waals surface area contributed by atoms with E-state index in [1.807, 2.05) is 0 Å². The van der Waals surface area contributed by atoms with Gasteiger partial charge in [-0.1, -0.05) is 46.4 Å². The Bertz CT molecular complexity index is 2490. The summed E-state index contributed by atoms with van der Waals surface area (Å²) in [5.41, 5.74) is 4.93. The Balaban J connectivity index is 0.774. The second-order valence-electron chi connectivity index (χ2n) is 22.1. The molecule has 29 heteroatoms. The van der Waals surface area contributed by atoms with E-state index in [1.54, 1.807) is 0 Å². The third kappa shape index (κ3) is 13.7. The normalized spacial score (nSPS) is 33.6. The van der Waals surface area contributed by atoms with Crippen molar-refractivity contribution in [3.05, 3.63) is 12.7 Å². The van der Waals surface area contributed by atoms with Crippen LogP contribution in [0, 0.1) is 51.8 Å². The van der Waals surface area contributed by atoms with Gasteiger partial charge in [0.15, 0.2) is 22.8 Å². The lowest BCUT2D eigenvalue weighted by Crippen LogP contribution is -2.54. The number of aromatic nitrogens is 4. The van der Waals surface area contributed by atoms with Gasteiger partial charge in [-0.3, -0.25) is 32.5 Å². The number of phosphoric acid groups is 3. The summed E-state index contributed by atoms with van der Waals surface area (Å²) in [6.45, 7) is 7.92. The third-order valence-electron chi connectivity index (χ3n) is 17.0. The molecule has 2 unspecified atom stereocenters. The summed E-state index contributed by atoms with van der Waals surface area (Å²) in [4.78, 5) is 89.7. The summed E-state index contributed by atoms with van der Waals surface area (Å²) in [6.07, 6.45) is 4.77. The molecule has 16 atom stereocenters. The van der Waals surface area contributed by atoms with Crippen LogP contribution in [0.4, 0.5) is 5.82 Å². The highest BCUT2D eigenvalue weighted by Crippen LogP contribution is 2.68. The maximum absolute atomic E-state index is 12.9. The molecule has 0 bridgehead atoms. The number of nitrogens with one attached hydrogen (secondary N) is 2. The third-order valence-corrected chi connectivity index (χ3v) is 21.0. The number of rotatable bonds is 23. The molecule has 0 spiro atoms. The lowest BCUT2D eigenvalue weighted by atomic mass is 9.44. The number of nitrogens with two attached hydrogens (primary N) is 1. The summed E-state index contributed by atoms with van der Waals surface area (Å²) < 4.78 is 62.8. The van der Waals surface area contributed by atoms with E-state index in [2.05, 4.69) is 55.2 Å². The van der Waals surface area contributed by atoms with Gasteiger partial charge in [0.2, 0.25) is 11.8 Å². The summed E-state index contributed by atoms with van der Waals surface area (Å²) >= 11 is 1.18. The molecule has 74 heavy (non-hydrogen) atoms. The zero-order chi connectivity index (χ0) is 54.2. The van der Waals surface area contributed by atoms with Crippen LogP contribution in [0.15, 0.2) is 12.7 Å². The number of ether oxygens (including phenoxy) is 1. The summed E-state index contributed by atoms with van der Waals surface area (Å²) in [6, 6.07) is 0. The molecule has 25 nitrogen and oxygen atoms in total. The number of aliphatic hydroxyl groups is 3. The van der Waals surface area contributed by atoms with E-state index in [-0.39, 0.29) is 47.7 Å². The summed E-state index contributed by atoms with van der Waals surface area (Å²) in [5.74, 6) is 2.85. The second-order valence-corrected chi connectivity index (χ2v) is 27.5. The minimum atomic E-state index is -5.59. The SMILES string of the molecule is C[C@H](CCC(=O)SCCNC(=O)CCNC(=O)[C@H](O)C(C)(C)COP(=O)(O)OP(=O)(O)OC[C@H]1O[C@@H](n2cnc3c(N)ncnc32)[C@H](O)[C@@H]1OP(=O)(O)O)[C@H]1CC[C@H]2[C@@H]3CC[C@@H]4C[C@H](O)CC[C@]4(C)[C@H]3CC[C@]12C. The van der Waals surface area contributed by atoms with Gasteiger partial charge in [-0.05, 0) is 111 Å². The minimum Gasteiger partial charge on any atom is -0.393 e. The van der Waals surface area contributed by atoms with Gasteiger partial charge in [-0.15, -0.1) is 0 Å². The number of anilines is 1. The number of hydrogen-bond donors (Lipinski definition) is 10.